The Bertz CT molecular complexity index is 970. The van der Waals surface area contributed by atoms with Gasteiger partial charge in [0.25, 0.3) is 0 Å². The van der Waals surface area contributed by atoms with Crippen molar-refractivity contribution in [2.75, 3.05) is 0 Å². The van der Waals surface area contributed by atoms with Crippen LogP contribution in [0.4, 0.5) is 0 Å². The lowest BCUT2D eigenvalue weighted by Gasteiger charge is -2.08. The summed E-state index contributed by atoms with van der Waals surface area (Å²) in [6, 6.07) is 14.7. The maximum atomic E-state index is 4.25. The normalized spacial score (nSPS) is 11.0. The van der Waals surface area contributed by atoms with E-state index in [2.05, 4.69) is 58.7 Å². The summed E-state index contributed by atoms with van der Waals surface area (Å²) in [5.74, 6) is 0. The Hall–Kier alpha value is -2.94. The molecular formula is C20H17N3. The third kappa shape index (κ3) is 2.21. The summed E-state index contributed by atoms with van der Waals surface area (Å²) in [7, 11) is 0. The summed E-state index contributed by atoms with van der Waals surface area (Å²) in [5.41, 5.74) is 7.18. The summed E-state index contributed by atoms with van der Waals surface area (Å²) >= 11 is 0. The van der Waals surface area contributed by atoms with Gasteiger partial charge in [0.15, 0.2) is 0 Å². The molecule has 112 valence electrons. The molecule has 0 aliphatic carbocycles. The van der Waals surface area contributed by atoms with Crippen molar-refractivity contribution in [2.45, 2.75) is 13.8 Å². The molecule has 3 heteroatoms. The van der Waals surface area contributed by atoms with Crippen molar-refractivity contribution in [1.82, 2.24) is 14.5 Å². The van der Waals surface area contributed by atoms with Crippen molar-refractivity contribution in [2.24, 2.45) is 0 Å². The number of hydrogen-bond acceptors (Lipinski definition) is 2. The molecule has 0 aliphatic heterocycles. The van der Waals surface area contributed by atoms with Crippen LogP contribution in [-0.4, -0.2) is 14.5 Å². The van der Waals surface area contributed by atoms with E-state index in [0.717, 1.165) is 11.3 Å². The minimum absolute atomic E-state index is 1.09. The lowest BCUT2D eigenvalue weighted by atomic mass is 10.0. The van der Waals surface area contributed by atoms with E-state index in [1.54, 1.807) is 12.4 Å². The summed E-state index contributed by atoms with van der Waals surface area (Å²) in [4.78, 5) is 8.47. The molecule has 0 aliphatic rings. The molecule has 1 aromatic carbocycles. The van der Waals surface area contributed by atoms with Gasteiger partial charge >= 0.3 is 0 Å². The van der Waals surface area contributed by atoms with Crippen LogP contribution in [0.5, 0.6) is 0 Å². The van der Waals surface area contributed by atoms with Gasteiger partial charge in [0.05, 0.1) is 17.4 Å². The molecule has 0 radical (unpaired) electrons. The Balaban J connectivity index is 1.96. The summed E-state index contributed by atoms with van der Waals surface area (Å²) < 4.78 is 2.27. The van der Waals surface area contributed by atoms with E-state index in [0.29, 0.717) is 0 Å². The van der Waals surface area contributed by atoms with Crippen LogP contribution >= 0.6 is 0 Å². The molecule has 3 nitrogen and oxygen atoms in total. The highest BCUT2D eigenvalue weighted by Crippen LogP contribution is 2.31. The highest BCUT2D eigenvalue weighted by atomic mass is 15.0. The Labute approximate surface area is 135 Å². The second-order valence-electron chi connectivity index (χ2n) is 5.73. The number of aryl methyl sites for hydroxylation is 1. The second kappa shape index (κ2) is 5.36. The van der Waals surface area contributed by atoms with Gasteiger partial charge in [0.2, 0.25) is 0 Å². The van der Waals surface area contributed by atoms with Gasteiger partial charge in [-0.15, -0.1) is 0 Å². The fourth-order valence-electron chi connectivity index (χ4n) is 3.11. The van der Waals surface area contributed by atoms with Gasteiger partial charge < -0.3 is 4.57 Å². The Morgan fingerprint density at radius 1 is 0.826 bits per heavy atom. The molecule has 0 spiro atoms. The first-order valence-corrected chi connectivity index (χ1v) is 7.68. The van der Waals surface area contributed by atoms with Gasteiger partial charge in [-0.3, -0.25) is 9.97 Å². The molecule has 0 fully saturated rings. The van der Waals surface area contributed by atoms with Crippen LogP contribution < -0.4 is 0 Å². The van der Waals surface area contributed by atoms with Crippen molar-refractivity contribution in [3.63, 3.8) is 0 Å². The number of nitrogens with zero attached hydrogens (tertiary/aromatic N) is 3. The zero-order chi connectivity index (χ0) is 15.8. The van der Waals surface area contributed by atoms with Crippen molar-refractivity contribution in [3.8, 4) is 16.8 Å². The molecule has 0 saturated heterocycles. The van der Waals surface area contributed by atoms with Crippen LogP contribution in [-0.2, 0) is 0 Å². The maximum absolute atomic E-state index is 4.25. The third-order valence-electron chi connectivity index (χ3n) is 4.42. The number of hydrogen-bond donors (Lipinski definition) is 0. The molecule has 0 atom stereocenters. The zero-order valence-electron chi connectivity index (χ0n) is 13.2. The van der Waals surface area contributed by atoms with Crippen molar-refractivity contribution in [3.05, 3.63) is 78.5 Å². The van der Waals surface area contributed by atoms with Crippen molar-refractivity contribution < 1.29 is 0 Å². The van der Waals surface area contributed by atoms with E-state index in [4.69, 9.17) is 0 Å². The van der Waals surface area contributed by atoms with Crippen LogP contribution in [0.2, 0.25) is 0 Å². The smallest absolute Gasteiger partial charge is 0.0641 e. The molecule has 0 saturated carbocycles. The standard InChI is InChI=1S/C20H17N3/c1-14-15(2)23(18-6-4-10-22-13-18)20-8-7-16(11-19(14)20)17-5-3-9-21-12-17/h3-13H,1-2H3. The average Bonchev–Trinajstić information content (AvgIpc) is 2.87. The monoisotopic (exact) mass is 299 g/mol. The van der Waals surface area contributed by atoms with E-state index in [1.165, 1.54) is 27.7 Å². The maximum Gasteiger partial charge on any atom is 0.0641 e. The minimum Gasteiger partial charge on any atom is -0.312 e. The quantitative estimate of drug-likeness (QED) is 0.537. The van der Waals surface area contributed by atoms with Crippen molar-refractivity contribution >= 4 is 10.9 Å². The van der Waals surface area contributed by atoms with E-state index >= 15 is 0 Å². The minimum atomic E-state index is 1.09. The predicted molar refractivity (Wildman–Crippen MR) is 93.8 cm³/mol. The number of aromatic nitrogens is 3. The van der Waals surface area contributed by atoms with E-state index in [1.807, 2.05) is 24.5 Å². The molecule has 4 aromatic rings. The SMILES string of the molecule is Cc1c(C)n(-c2cccnc2)c2ccc(-c3cccnc3)cc12. The van der Waals surface area contributed by atoms with E-state index in [9.17, 15) is 0 Å². The molecule has 3 aromatic heterocycles. The summed E-state index contributed by atoms with van der Waals surface area (Å²) in [6.45, 7) is 4.34. The molecule has 0 bridgehead atoms. The van der Waals surface area contributed by atoms with Gasteiger partial charge in [0, 0.05) is 35.2 Å². The summed E-state index contributed by atoms with van der Waals surface area (Å²) in [5, 5.41) is 1.27. The van der Waals surface area contributed by atoms with Crippen LogP contribution in [0.3, 0.4) is 0 Å². The number of benzene rings is 1. The molecule has 4 rings (SSSR count). The molecule has 0 amide bonds. The number of fused-ring (bicyclic) bond motifs is 1. The molecular weight excluding hydrogens is 282 g/mol. The molecule has 0 N–H and O–H groups in total. The van der Waals surface area contributed by atoms with E-state index < -0.39 is 0 Å². The second-order valence-corrected chi connectivity index (χ2v) is 5.73. The van der Waals surface area contributed by atoms with Gasteiger partial charge in [0.1, 0.15) is 0 Å². The predicted octanol–water partition coefficient (Wildman–Crippen LogP) is 4.70. The van der Waals surface area contributed by atoms with Crippen LogP contribution in [0.25, 0.3) is 27.7 Å². The highest BCUT2D eigenvalue weighted by molar-refractivity contribution is 5.90. The average molecular weight is 299 g/mol. The topological polar surface area (TPSA) is 30.7 Å². The first-order chi connectivity index (χ1) is 11.3. The number of rotatable bonds is 2. The van der Waals surface area contributed by atoms with Gasteiger partial charge in [-0.2, -0.15) is 0 Å². The highest BCUT2D eigenvalue weighted by Gasteiger charge is 2.13. The summed E-state index contributed by atoms with van der Waals surface area (Å²) in [6.07, 6.45) is 7.41. The van der Waals surface area contributed by atoms with Gasteiger partial charge in [-0.05, 0) is 55.3 Å². The van der Waals surface area contributed by atoms with Crippen LogP contribution in [0, 0.1) is 13.8 Å². The van der Waals surface area contributed by atoms with Crippen LogP contribution in [0.1, 0.15) is 11.3 Å². The zero-order valence-corrected chi connectivity index (χ0v) is 13.2. The molecule has 0 unspecified atom stereocenters. The Morgan fingerprint density at radius 2 is 1.61 bits per heavy atom. The molecule has 23 heavy (non-hydrogen) atoms. The Kier molecular flexibility index (Phi) is 3.19. The fraction of sp³-hybridized carbons (Fsp3) is 0.100. The number of pyridine rings is 2. The van der Waals surface area contributed by atoms with Gasteiger partial charge in [-0.25, -0.2) is 0 Å². The largest absolute Gasteiger partial charge is 0.312 e. The lowest BCUT2D eigenvalue weighted by molar-refractivity contribution is 1.02. The van der Waals surface area contributed by atoms with Gasteiger partial charge in [-0.1, -0.05) is 12.1 Å². The molecule has 3 heterocycles. The van der Waals surface area contributed by atoms with E-state index in [-0.39, 0.29) is 0 Å². The first kappa shape index (κ1) is 13.7. The van der Waals surface area contributed by atoms with Crippen LogP contribution in [0.15, 0.2) is 67.3 Å². The first-order valence-electron chi connectivity index (χ1n) is 7.68. The Morgan fingerprint density at radius 3 is 2.30 bits per heavy atom. The fourth-order valence-corrected chi connectivity index (χ4v) is 3.11. The third-order valence-corrected chi connectivity index (χ3v) is 4.42. The lowest BCUT2D eigenvalue weighted by Crippen LogP contribution is -1.96. The van der Waals surface area contributed by atoms with Crippen molar-refractivity contribution in [1.29, 1.82) is 0 Å².